The number of piperidine rings is 1. The van der Waals surface area contributed by atoms with Gasteiger partial charge < -0.3 is 10.6 Å². The Morgan fingerprint density at radius 3 is 2.79 bits per heavy atom. The van der Waals surface area contributed by atoms with Gasteiger partial charge >= 0.3 is 0 Å². The molecule has 3 nitrogen and oxygen atoms in total. The lowest BCUT2D eigenvalue weighted by molar-refractivity contribution is -0.123. The molecule has 14 heavy (non-hydrogen) atoms. The second-order valence-electron chi connectivity index (χ2n) is 5.28. The summed E-state index contributed by atoms with van der Waals surface area (Å²) in [6.07, 6.45) is 3.66. The zero-order valence-electron chi connectivity index (χ0n) is 8.62. The van der Waals surface area contributed by atoms with E-state index >= 15 is 0 Å². The molecule has 1 heterocycles. The molecule has 0 spiro atoms. The average molecular weight is 194 g/mol. The second kappa shape index (κ2) is 2.96. The first-order valence-corrected chi connectivity index (χ1v) is 5.78. The Morgan fingerprint density at radius 1 is 1.43 bits per heavy atom. The number of hydrogen-bond donors (Lipinski definition) is 2. The first kappa shape index (κ1) is 8.72. The van der Waals surface area contributed by atoms with E-state index in [1.807, 2.05) is 0 Å². The zero-order chi connectivity index (χ0) is 9.71. The van der Waals surface area contributed by atoms with E-state index < -0.39 is 0 Å². The van der Waals surface area contributed by atoms with Crippen LogP contribution in [0.15, 0.2) is 0 Å². The highest BCUT2D eigenvalue weighted by molar-refractivity contribution is 5.82. The van der Waals surface area contributed by atoms with Gasteiger partial charge in [0.05, 0.1) is 6.04 Å². The molecule has 1 amide bonds. The molecule has 3 rings (SSSR count). The molecule has 3 heteroatoms. The van der Waals surface area contributed by atoms with Gasteiger partial charge in [0, 0.05) is 12.6 Å². The number of rotatable bonds is 3. The summed E-state index contributed by atoms with van der Waals surface area (Å²) in [7, 11) is 0. The summed E-state index contributed by atoms with van der Waals surface area (Å²) in [4.78, 5) is 11.7. The van der Waals surface area contributed by atoms with Crippen molar-refractivity contribution in [2.24, 2.45) is 17.8 Å². The Morgan fingerprint density at radius 2 is 2.21 bits per heavy atom. The van der Waals surface area contributed by atoms with Crippen LogP contribution in [0.25, 0.3) is 0 Å². The van der Waals surface area contributed by atoms with E-state index in [9.17, 15) is 4.79 Å². The minimum atomic E-state index is 0.118. The van der Waals surface area contributed by atoms with Gasteiger partial charge in [-0.05, 0) is 37.0 Å². The van der Waals surface area contributed by atoms with Crippen molar-refractivity contribution in [1.82, 2.24) is 10.6 Å². The summed E-state index contributed by atoms with van der Waals surface area (Å²) in [6.45, 7) is 3.15. The summed E-state index contributed by atoms with van der Waals surface area (Å²) < 4.78 is 0. The molecule has 0 radical (unpaired) electrons. The van der Waals surface area contributed by atoms with Crippen molar-refractivity contribution in [3.05, 3.63) is 0 Å². The molecule has 2 N–H and O–H groups in total. The predicted molar refractivity (Wildman–Crippen MR) is 53.7 cm³/mol. The average Bonchev–Trinajstić information content (AvgIpc) is 3.04. The highest BCUT2D eigenvalue weighted by Gasteiger charge is 2.47. The second-order valence-corrected chi connectivity index (χ2v) is 5.28. The largest absolute Gasteiger partial charge is 0.354 e. The third-order valence-electron chi connectivity index (χ3n) is 4.01. The van der Waals surface area contributed by atoms with Crippen LogP contribution >= 0.6 is 0 Å². The third kappa shape index (κ3) is 1.54. The van der Waals surface area contributed by atoms with E-state index in [1.54, 1.807) is 0 Å². The molecular weight excluding hydrogens is 176 g/mol. The Balaban J connectivity index is 1.42. The number of carbonyl (C=O) groups excluding carboxylic acids is 1. The quantitative estimate of drug-likeness (QED) is 0.687. The standard InChI is InChI=1S/C11H18N2O/c1-6-2-8(6)5-12-11(14)10-4-7-3-9(7)13-10/h6-10,13H,2-5H2,1H3,(H,12,14)/t6?,7-,8?,9-,10+/m1/s1. The van der Waals surface area contributed by atoms with Crippen LogP contribution in [-0.2, 0) is 4.79 Å². The maximum absolute atomic E-state index is 11.7. The van der Waals surface area contributed by atoms with Gasteiger partial charge in [-0.3, -0.25) is 4.79 Å². The molecule has 1 aliphatic heterocycles. The Kier molecular flexibility index (Phi) is 1.84. The van der Waals surface area contributed by atoms with Gasteiger partial charge in [-0.2, -0.15) is 0 Å². The van der Waals surface area contributed by atoms with Crippen molar-refractivity contribution in [2.75, 3.05) is 6.54 Å². The van der Waals surface area contributed by atoms with E-state index in [0.29, 0.717) is 6.04 Å². The highest BCUT2D eigenvalue weighted by atomic mass is 16.2. The van der Waals surface area contributed by atoms with Gasteiger partial charge in [0.2, 0.25) is 5.91 Å². The van der Waals surface area contributed by atoms with Crippen LogP contribution in [0.3, 0.4) is 0 Å². The normalized spacial score (nSPS) is 48.5. The lowest BCUT2D eigenvalue weighted by Gasteiger charge is -2.12. The van der Waals surface area contributed by atoms with E-state index in [-0.39, 0.29) is 11.9 Å². The molecule has 3 fully saturated rings. The fraction of sp³-hybridized carbons (Fsp3) is 0.909. The van der Waals surface area contributed by atoms with E-state index in [1.165, 1.54) is 12.8 Å². The van der Waals surface area contributed by atoms with Crippen molar-refractivity contribution in [3.8, 4) is 0 Å². The van der Waals surface area contributed by atoms with Crippen LogP contribution in [-0.4, -0.2) is 24.5 Å². The van der Waals surface area contributed by atoms with Gasteiger partial charge in [-0.15, -0.1) is 0 Å². The maximum Gasteiger partial charge on any atom is 0.237 e. The minimum Gasteiger partial charge on any atom is -0.354 e. The number of nitrogens with one attached hydrogen (secondary N) is 2. The SMILES string of the molecule is CC1CC1CNC(=O)[C@@H]1C[C@H]2C[C@H]2N1. The molecular formula is C11H18N2O. The van der Waals surface area contributed by atoms with E-state index in [0.717, 1.165) is 30.7 Å². The molecule has 1 saturated heterocycles. The van der Waals surface area contributed by atoms with Crippen LogP contribution in [0.1, 0.15) is 26.2 Å². The van der Waals surface area contributed by atoms with E-state index in [2.05, 4.69) is 17.6 Å². The fourth-order valence-electron chi connectivity index (χ4n) is 2.56. The minimum absolute atomic E-state index is 0.118. The van der Waals surface area contributed by atoms with Crippen molar-refractivity contribution >= 4 is 5.91 Å². The molecule has 2 saturated carbocycles. The number of amides is 1. The monoisotopic (exact) mass is 194 g/mol. The Labute approximate surface area is 84.6 Å². The summed E-state index contributed by atoms with van der Waals surface area (Å²) in [6, 6.07) is 0.790. The van der Waals surface area contributed by atoms with Gasteiger partial charge in [0.1, 0.15) is 0 Å². The van der Waals surface area contributed by atoms with Crippen molar-refractivity contribution in [1.29, 1.82) is 0 Å². The molecule has 3 aliphatic rings. The number of hydrogen-bond acceptors (Lipinski definition) is 2. The number of carbonyl (C=O) groups is 1. The molecule has 2 unspecified atom stereocenters. The molecule has 5 atom stereocenters. The first-order chi connectivity index (χ1) is 6.74. The summed E-state index contributed by atoms with van der Waals surface area (Å²) in [5.74, 6) is 2.64. The molecule has 0 aromatic carbocycles. The first-order valence-electron chi connectivity index (χ1n) is 5.78. The summed E-state index contributed by atoms with van der Waals surface area (Å²) in [5, 5.41) is 6.43. The van der Waals surface area contributed by atoms with Crippen LogP contribution in [0.4, 0.5) is 0 Å². The summed E-state index contributed by atoms with van der Waals surface area (Å²) in [5.41, 5.74) is 0. The molecule has 2 aliphatic carbocycles. The van der Waals surface area contributed by atoms with Crippen molar-refractivity contribution < 1.29 is 4.79 Å². The van der Waals surface area contributed by atoms with Crippen molar-refractivity contribution in [3.63, 3.8) is 0 Å². The molecule has 78 valence electrons. The van der Waals surface area contributed by atoms with Gasteiger partial charge in [-0.25, -0.2) is 0 Å². The smallest absolute Gasteiger partial charge is 0.237 e. The van der Waals surface area contributed by atoms with Crippen LogP contribution < -0.4 is 10.6 Å². The van der Waals surface area contributed by atoms with Crippen LogP contribution in [0, 0.1) is 17.8 Å². The number of fused-ring (bicyclic) bond motifs is 1. The topological polar surface area (TPSA) is 41.1 Å². The van der Waals surface area contributed by atoms with Gasteiger partial charge in [-0.1, -0.05) is 6.92 Å². The third-order valence-corrected chi connectivity index (χ3v) is 4.01. The van der Waals surface area contributed by atoms with E-state index in [4.69, 9.17) is 0 Å². The zero-order valence-corrected chi connectivity index (χ0v) is 8.62. The molecule has 0 aromatic heterocycles. The Bertz CT molecular complexity index is 256. The molecule has 0 bridgehead atoms. The Hall–Kier alpha value is -0.570. The summed E-state index contributed by atoms with van der Waals surface area (Å²) >= 11 is 0. The lowest BCUT2D eigenvalue weighted by atomic mass is 10.1. The van der Waals surface area contributed by atoms with Gasteiger partial charge in [0.15, 0.2) is 0 Å². The van der Waals surface area contributed by atoms with Crippen molar-refractivity contribution in [2.45, 2.75) is 38.3 Å². The van der Waals surface area contributed by atoms with Crippen LogP contribution in [0.5, 0.6) is 0 Å². The fourth-order valence-corrected chi connectivity index (χ4v) is 2.56. The predicted octanol–water partition coefficient (Wildman–Crippen LogP) is 0.509. The lowest BCUT2D eigenvalue weighted by Crippen LogP contribution is -2.42. The van der Waals surface area contributed by atoms with Gasteiger partial charge in [0.25, 0.3) is 0 Å². The van der Waals surface area contributed by atoms with Crippen LogP contribution in [0.2, 0.25) is 0 Å². The maximum atomic E-state index is 11.7. The molecule has 0 aromatic rings. The highest BCUT2D eigenvalue weighted by Crippen LogP contribution is 2.41.